The van der Waals surface area contributed by atoms with Gasteiger partial charge in [-0.25, -0.2) is 4.98 Å². The summed E-state index contributed by atoms with van der Waals surface area (Å²) in [5.74, 6) is 1.01. The maximum absolute atomic E-state index is 12.7. The SMILES string of the molecule is CCCCSc1nc2scc(-c3cccs3)c2c(=O)n1C. The number of unbranched alkanes of at least 4 members (excludes halogenated alkanes) is 1. The van der Waals surface area contributed by atoms with Crippen molar-refractivity contribution in [2.75, 3.05) is 5.75 Å². The standard InChI is InChI=1S/C15H16N2OS3/c1-3-4-7-20-15-16-13-12(14(18)17(15)2)10(9-21-13)11-6-5-8-19-11/h5-6,8-9H,3-4,7H2,1-2H3. The van der Waals surface area contributed by atoms with Gasteiger partial charge in [-0.05, 0) is 17.9 Å². The number of aromatic nitrogens is 2. The highest BCUT2D eigenvalue weighted by molar-refractivity contribution is 7.99. The zero-order valence-electron chi connectivity index (χ0n) is 12.0. The van der Waals surface area contributed by atoms with Gasteiger partial charge in [0.05, 0.1) is 5.39 Å². The summed E-state index contributed by atoms with van der Waals surface area (Å²) in [5.41, 5.74) is 1.08. The molecule has 21 heavy (non-hydrogen) atoms. The van der Waals surface area contributed by atoms with Crippen LogP contribution >= 0.6 is 34.4 Å². The average Bonchev–Trinajstić information content (AvgIpc) is 3.12. The molecule has 3 aromatic heterocycles. The van der Waals surface area contributed by atoms with E-state index in [1.54, 1.807) is 39.0 Å². The van der Waals surface area contributed by atoms with E-state index in [4.69, 9.17) is 0 Å². The van der Waals surface area contributed by atoms with E-state index in [-0.39, 0.29) is 5.56 Å². The van der Waals surface area contributed by atoms with Crippen molar-refractivity contribution in [3.63, 3.8) is 0 Å². The first kappa shape index (κ1) is 14.8. The Balaban J connectivity index is 2.09. The zero-order valence-corrected chi connectivity index (χ0v) is 14.4. The van der Waals surface area contributed by atoms with E-state index in [0.717, 1.165) is 44.4 Å². The van der Waals surface area contributed by atoms with Gasteiger partial charge in [-0.3, -0.25) is 9.36 Å². The van der Waals surface area contributed by atoms with Crippen LogP contribution in [0, 0.1) is 0 Å². The Bertz CT molecular complexity index is 802. The number of thioether (sulfide) groups is 1. The van der Waals surface area contributed by atoms with Crippen molar-refractivity contribution < 1.29 is 0 Å². The van der Waals surface area contributed by atoms with Gasteiger partial charge in [0, 0.05) is 28.6 Å². The molecule has 0 saturated carbocycles. The summed E-state index contributed by atoms with van der Waals surface area (Å²) >= 11 is 4.88. The maximum Gasteiger partial charge on any atom is 0.263 e. The topological polar surface area (TPSA) is 34.9 Å². The number of hydrogen-bond acceptors (Lipinski definition) is 5. The van der Waals surface area contributed by atoms with Gasteiger partial charge in [-0.2, -0.15) is 0 Å². The van der Waals surface area contributed by atoms with Gasteiger partial charge >= 0.3 is 0 Å². The zero-order chi connectivity index (χ0) is 14.8. The molecule has 0 unspecified atom stereocenters. The molecule has 0 saturated heterocycles. The first-order valence-corrected chi connectivity index (χ1v) is 9.61. The second-order valence-corrected chi connectivity index (χ2v) is 7.64. The molecule has 0 radical (unpaired) electrons. The molecule has 0 aliphatic heterocycles. The van der Waals surface area contributed by atoms with Crippen LogP contribution in [0.25, 0.3) is 20.7 Å². The minimum Gasteiger partial charge on any atom is -0.290 e. The van der Waals surface area contributed by atoms with Gasteiger partial charge in [0.1, 0.15) is 4.83 Å². The molecule has 0 N–H and O–H groups in total. The molecule has 0 fully saturated rings. The minimum absolute atomic E-state index is 0.0589. The van der Waals surface area contributed by atoms with E-state index in [0.29, 0.717) is 0 Å². The van der Waals surface area contributed by atoms with Crippen LogP contribution in [0.15, 0.2) is 32.8 Å². The Hall–Kier alpha value is -1.11. The van der Waals surface area contributed by atoms with E-state index in [9.17, 15) is 4.79 Å². The van der Waals surface area contributed by atoms with Crippen LogP contribution in [0.2, 0.25) is 0 Å². The molecule has 0 amide bonds. The van der Waals surface area contributed by atoms with Gasteiger partial charge in [0.2, 0.25) is 0 Å². The quantitative estimate of drug-likeness (QED) is 0.387. The van der Waals surface area contributed by atoms with Gasteiger partial charge < -0.3 is 0 Å². The Kier molecular flexibility index (Phi) is 4.47. The molecule has 6 heteroatoms. The lowest BCUT2D eigenvalue weighted by Crippen LogP contribution is -2.19. The highest BCUT2D eigenvalue weighted by Crippen LogP contribution is 2.34. The van der Waals surface area contributed by atoms with Crippen LogP contribution in [0.4, 0.5) is 0 Å². The van der Waals surface area contributed by atoms with Gasteiger partial charge in [0.25, 0.3) is 5.56 Å². The Morgan fingerprint density at radius 2 is 2.24 bits per heavy atom. The Morgan fingerprint density at radius 1 is 1.38 bits per heavy atom. The normalized spacial score (nSPS) is 11.3. The summed E-state index contributed by atoms with van der Waals surface area (Å²) in [5, 5.41) is 5.65. The van der Waals surface area contributed by atoms with Gasteiger partial charge in [-0.1, -0.05) is 31.2 Å². The fourth-order valence-corrected chi connectivity index (χ4v) is 4.96. The van der Waals surface area contributed by atoms with Crippen molar-refractivity contribution in [1.82, 2.24) is 9.55 Å². The summed E-state index contributed by atoms with van der Waals surface area (Å²) in [4.78, 5) is 19.3. The molecule has 0 spiro atoms. The van der Waals surface area contributed by atoms with Gasteiger partial charge in [-0.15, -0.1) is 22.7 Å². The molecule has 0 bridgehead atoms. The van der Waals surface area contributed by atoms with Crippen molar-refractivity contribution in [2.24, 2.45) is 7.05 Å². The predicted octanol–water partition coefficient (Wildman–Crippen LogP) is 4.62. The van der Waals surface area contributed by atoms with Crippen molar-refractivity contribution >= 4 is 44.7 Å². The minimum atomic E-state index is 0.0589. The summed E-state index contributed by atoms with van der Waals surface area (Å²) < 4.78 is 1.69. The second kappa shape index (κ2) is 6.34. The number of fused-ring (bicyclic) bond motifs is 1. The highest BCUT2D eigenvalue weighted by atomic mass is 32.2. The number of thiophene rings is 2. The Labute approximate surface area is 135 Å². The van der Waals surface area contributed by atoms with Crippen molar-refractivity contribution in [2.45, 2.75) is 24.9 Å². The summed E-state index contributed by atoms with van der Waals surface area (Å²) in [6.45, 7) is 2.17. The van der Waals surface area contributed by atoms with Crippen LogP contribution in [0.5, 0.6) is 0 Å². The molecule has 3 rings (SSSR count). The average molecular weight is 337 g/mol. The lowest BCUT2D eigenvalue weighted by Gasteiger charge is -2.07. The monoisotopic (exact) mass is 336 g/mol. The van der Waals surface area contributed by atoms with Crippen LogP contribution in [-0.4, -0.2) is 15.3 Å². The summed E-state index contributed by atoms with van der Waals surface area (Å²) in [6.07, 6.45) is 2.30. The largest absolute Gasteiger partial charge is 0.290 e. The second-order valence-electron chi connectivity index (χ2n) is 4.77. The smallest absolute Gasteiger partial charge is 0.263 e. The molecule has 0 aliphatic rings. The van der Waals surface area contributed by atoms with E-state index in [1.165, 1.54) is 0 Å². The first-order chi connectivity index (χ1) is 10.2. The molecule has 3 aromatic rings. The molecule has 3 nitrogen and oxygen atoms in total. The molecular weight excluding hydrogens is 320 g/mol. The lowest BCUT2D eigenvalue weighted by atomic mass is 10.2. The molecular formula is C15H16N2OS3. The third-order valence-electron chi connectivity index (χ3n) is 3.29. The van der Waals surface area contributed by atoms with E-state index in [1.807, 2.05) is 23.9 Å². The van der Waals surface area contributed by atoms with E-state index in [2.05, 4.69) is 18.0 Å². The van der Waals surface area contributed by atoms with Crippen molar-refractivity contribution in [3.8, 4) is 10.4 Å². The Morgan fingerprint density at radius 3 is 2.95 bits per heavy atom. The third-order valence-corrected chi connectivity index (χ3v) is 6.18. The number of hydrogen-bond donors (Lipinski definition) is 0. The van der Waals surface area contributed by atoms with Crippen LogP contribution in [0.1, 0.15) is 19.8 Å². The van der Waals surface area contributed by atoms with Gasteiger partial charge in [0.15, 0.2) is 5.16 Å². The maximum atomic E-state index is 12.7. The van der Waals surface area contributed by atoms with Crippen LogP contribution in [-0.2, 0) is 7.05 Å². The van der Waals surface area contributed by atoms with Crippen molar-refractivity contribution in [3.05, 3.63) is 33.2 Å². The first-order valence-electron chi connectivity index (χ1n) is 6.87. The highest BCUT2D eigenvalue weighted by Gasteiger charge is 2.15. The number of nitrogens with zero attached hydrogens (tertiary/aromatic N) is 2. The van der Waals surface area contributed by atoms with Crippen LogP contribution in [0.3, 0.4) is 0 Å². The summed E-state index contributed by atoms with van der Waals surface area (Å²) in [7, 11) is 1.82. The van der Waals surface area contributed by atoms with E-state index < -0.39 is 0 Å². The molecule has 0 aromatic carbocycles. The number of rotatable bonds is 5. The molecule has 0 atom stereocenters. The third kappa shape index (κ3) is 2.80. The molecule has 110 valence electrons. The summed E-state index contributed by atoms with van der Waals surface area (Å²) in [6, 6.07) is 4.06. The molecule has 0 aliphatic carbocycles. The fraction of sp³-hybridized carbons (Fsp3) is 0.333. The molecule has 3 heterocycles. The predicted molar refractivity (Wildman–Crippen MR) is 93.8 cm³/mol. The van der Waals surface area contributed by atoms with Crippen LogP contribution < -0.4 is 5.56 Å². The van der Waals surface area contributed by atoms with E-state index >= 15 is 0 Å². The van der Waals surface area contributed by atoms with Crippen molar-refractivity contribution in [1.29, 1.82) is 0 Å². The fourth-order valence-electron chi connectivity index (χ4n) is 2.10. The lowest BCUT2D eigenvalue weighted by molar-refractivity contribution is 0.726.